The van der Waals surface area contributed by atoms with Crippen LogP contribution in [-0.2, 0) is 17.1 Å². The second kappa shape index (κ2) is 8.47. The fraction of sp³-hybridized carbons (Fsp3) is 0.238. The van der Waals surface area contributed by atoms with Gasteiger partial charge in [0.25, 0.3) is 0 Å². The van der Waals surface area contributed by atoms with Crippen LogP contribution in [0, 0.1) is 11.3 Å². The molecule has 3 rings (SSSR count). The van der Waals surface area contributed by atoms with Crippen molar-refractivity contribution >= 4 is 10.0 Å². The zero-order chi connectivity index (χ0) is 21.0. The molecule has 3 aromatic rings. The van der Waals surface area contributed by atoms with Crippen LogP contribution in [0.1, 0.15) is 30.6 Å². The number of aromatic nitrogens is 2. The van der Waals surface area contributed by atoms with E-state index in [1.807, 2.05) is 6.92 Å². The van der Waals surface area contributed by atoms with Gasteiger partial charge in [0, 0.05) is 18.8 Å². The molecule has 7 nitrogen and oxygen atoms in total. The molecule has 0 aliphatic carbocycles. The lowest BCUT2D eigenvalue weighted by molar-refractivity contribution is 0.416. The number of sulfonamides is 1. The van der Waals surface area contributed by atoms with E-state index in [-0.39, 0.29) is 4.90 Å². The first kappa shape index (κ1) is 20.6. The lowest BCUT2D eigenvalue weighted by Gasteiger charge is -2.18. The summed E-state index contributed by atoms with van der Waals surface area (Å²) < 4.78 is 36.0. The molecule has 0 saturated carbocycles. The Hall–Kier alpha value is -3.15. The molecule has 150 valence electrons. The van der Waals surface area contributed by atoms with Crippen LogP contribution in [0.4, 0.5) is 0 Å². The molecule has 0 aliphatic rings. The summed E-state index contributed by atoms with van der Waals surface area (Å²) in [6, 6.07) is 15.1. The number of aryl methyl sites for hydroxylation is 1. The van der Waals surface area contributed by atoms with Crippen LogP contribution in [0.5, 0.6) is 5.75 Å². The van der Waals surface area contributed by atoms with Crippen LogP contribution in [0.25, 0.3) is 11.1 Å². The van der Waals surface area contributed by atoms with Crippen molar-refractivity contribution in [2.24, 2.45) is 7.05 Å². The second-order valence-corrected chi connectivity index (χ2v) is 8.23. The van der Waals surface area contributed by atoms with E-state index in [4.69, 9.17) is 10.00 Å². The molecule has 0 saturated heterocycles. The van der Waals surface area contributed by atoms with Gasteiger partial charge in [-0.1, -0.05) is 19.1 Å². The van der Waals surface area contributed by atoms with Gasteiger partial charge in [-0.05, 0) is 48.4 Å². The standard InChI is InChI=1S/C21H22N4O3S/c1-4-19(20-11-12-23-25(20)2)24-29(26,27)17-9-10-21(28-3)18(13-17)16-7-5-15(14-22)6-8-16/h5-13,19,24H,4H2,1-3H3. The molecule has 8 heteroatoms. The Bertz CT molecular complexity index is 1150. The summed E-state index contributed by atoms with van der Waals surface area (Å²) >= 11 is 0. The molecule has 0 spiro atoms. The average Bonchev–Trinajstić information content (AvgIpc) is 3.17. The number of nitriles is 1. The van der Waals surface area contributed by atoms with E-state index in [2.05, 4.69) is 15.9 Å². The van der Waals surface area contributed by atoms with E-state index < -0.39 is 16.1 Å². The molecule has 0 amide bonds. The largest absolute Gasteiger partial charge is 0.496 e. The maximum absolute atomic E-state index is 13.1. The molecule has 0 fully saturated rings. The van der Waals surface area contributed by atoms with Crippen molar-refractivity contribution in [2.45, 2.75) is 24.3 Å². The van der Waals surface area contributed by atoms with Crippen LogP contribution in [-0.4, -0.2) is 25.3 Å². The van der Waals surface area contributed by atoms with Crippen molar-refractivity contribution in [1.82, 2.24) is 14.5 Å². The minimum absolute atomic E-state index is 0.137. The van der Waals surface area contributed by atoms with Gasteiger partial charge >= 0.3 is 0 Å². The van der Waals surface area contributed by atoms with Gasteiger partial charge in [-0.15, -0.1) is 0 Å². The molecule has 0 radical (unpaired) electrons. The third kappa shape index (κ3) is 4.31. The van der Waals surface area contributed by atoms with Gasteiger partial charge in [0.05, 0.1) is 35.4 Å². The number of ether oxygens (including phenoxy) is 1. The van der Waals surface area contributed by atoms with Gasteiger partial charge in [0.1, 0.15) is 5.75 Å². The molecular weight excluding hydrogens is 388 g/mol. The van der Waals surface area contributed by atoms with Crippen LogP contribution >= 0.6 is 0 Å². The number of hydrogen-bond donors (Lipinski definition) is 1. The van der Waals surface area contributed by atoms with Crippen molar-refractivity contribution in [1.29, 1.82) is 5.26 Å². The van der Waals surface area contributed by atoms with Gasteiger partial charge in [-0.25, -0.2) is 13.1 Å². The van der Waals surface area contributed by atoms with Gasteiger partial charge in [0.2, 0.25) is 10.0 Å². The fourth-order valence-electron chi connectivity index (χ4n) is 3.14. The molecule has 1 unspecified atom stereocenters. The Kier molecular flexibility index (Phi) is 6.01. The summed E-state index contributed by atoms with van der Waals surface area (Å²) in [5.41, 5.74) is 2.71. The summed E-state index contributed by atoms with van der Waals surface area (Å²) in [5.74, 6) is 0.548. The quantitative estimate of drug-likeness (QED) is 0.644. The summed E-state index contributed by atoms with van der Waals surface area (Å²) in [6.45, 7) is 1.91. The molecule has 1 N–H and O–H groups in total. The van der Waals surface area contributed by atoms with E-state index in [0.717, 1.165) is 11.3 Å². The number of benzene rings is 2. The zero-order valence-electron chi connectivity index (χ0n) is 16.5. The van der Waals surface area contributed by atoms with Crippen LogP contribution in [0.3, 0.4) is 0 Å². The highest BCUT2D eigenvalue weighted by Gasteiger charge is 2.23. The van der Waals surface area contributed by atoms with Crippen molar-refractivity contribution in [3.05, 3.63) is 66.0 Å². The summed E-state index contributed by atoms with van der Waals surface area (Å²) in [4.78, 5) is 0.137. The van der Waals surface area contributed by atoms with E-state index in [1.165, 1.54) is 13.2 Å². The topological polar surface area (TPSA) is 97.0 Å². The molecule has 0 aliphatic heterocycles. The van der Waals surface area contributed by atoms with E-state index in [1.54, 1.807) is 60.4 Å². The smallest absolute Gasteiger partial charge is 0.241 e. The van der Waals surface area contributed by atoms with E-state index >= 15 is 0 Å². The second-order valence-electron chi connectivity index (χ2n) is 6.51. The van der Waals surface area contributed by atoms with Gasteiger partial charge in [0.15, 0.2) is 0 Å². The van der Waals surface area contributed by atoms with Crippen LogP contribution in [0.15, 0.2) is 59.6 Å². The minimum Gasteiger partial charge on any atom is -0.496 e. The monoisotopic (exact) mass is 410 g/mol. The number of methoxy groups -OCH3 is 1. The number of hydrogen-bond acceptors (Lipinski definition) is 5. The third-order valence-corrected chi connectivity index (χ3v) is 6.20. The SMILES string of the molecule is CCC(NS(=O)(=O)c1ccc(OC)c(-c2ccc(C#N)cc2)c1)c1ccnn1C. The zero-order valence-corrected chi connectivity index (χ0v) is 17.3. The van der Waals surface area contributed by atoms with Crippen molar-refractivity contribution in [2.75, 3.05) is 7.11 Å². The van der Waals surface area contributed by atoms with E-state index in [9.17, 15) is 8.42 Å². The van der Waals surface area contributed by atoms with Crippen LogP contribution < -0.4 is 9.46 Å². The van der Waals surface area contributed by atoms with Crippen molar-refractivity contribution in [3.8, 4) is 22.9 Å². The Morgan fingerprint density at radius 1 is 1.21 bits per heavy atom. The molecule has 1 aromatic heterocycles. The molecule has 0 bridgehead atoms. The van der Waals surface area contributed by atoms with E-state index in [0.29, 0.717) is 23.3 Å². The summed E-state index contributed by atoms with van der Waals surface area (Å²) in [6.07, 6.45) is 2.22. The molecule has 1 atom stereocenters. The Labute approximate surface area is 170 Å². The maximum atomic E-state index is 13.1. The highest BCUT2D eigenvalue weighted by Crippen LogP contribution is 2.33. The lowest BCUT2D eigenvalue weighted by Crippen LogP contribution is -2.29. The summed E-state index contributed by atoms with van der Waals surface area (Å²) in [5, 5.41) is 13.1. The highest BCUT2D eigenvalue weighted by molar-refractivity contribution is 7.89. The Balaban J connectivity index is 1.99. The fourth-order valence-corrected chi connectivity index (χ4v) is 4.46. The van der Waals surface area contributed by atoms with Gasteiger partial charge in [-0.3, -0.25) is 4.68 Å². The molecular formula is C21H22N4O3S. The van der Waals surface area contributed by atoms with Crippen molar-refractivity contribution in [3.63, 3.8) is 0 Å². The van der Waals surface area contributed by atoms with Gasteiger partial charge < -0.3 is 4.74 Å². The first-order valence-corrected chi connectivity index (χ1v) is 10.6. The van der Waals surface area contributed by atoms with Crippen molar-refractivity contribution < 1.29 is 13.2 Å². The molecule has 29 heavy (non-hydrogen) atoms. The van der Waals surface area contributed by atoms with Crippen LogP contribution in [0.2, 0.25) is 0 Å². The number of nitrogens with zero attached hydrogens (tertiary/aromatic N) is 3. The third-order valence-electron chi connectivity index (χ3n) is 4.73. The maximum Gasteiger partial charge on any atom is 0.241 e. The lowest BCUT2D eigenvalue weighted by atomic mass is 10.0. The highest BCUT2D eigenvalue weighted by atomic mass is 32.2. The Morgan fingerprint density at radius 2 is 1.93 bits per heavy atom. The Morgan fingerprint density at radius 3 is 2.48 bits per heavy atom. The predicted molar refractivity (Wildman–Crippen MR) is 110 cm³/mol. The predicted octanol–water partition coefficient (Wildman–Crippen LogP) is 3.40. The summed E-state index contributed by atoms with van der Waals surface area (Å²) in [7, 11) is -0.469. The first-order valence-electron chi connectivity index (χ1n) is 9.08. The molecule has 2 aromatic carbocycles. The normalized spacial score (nSPS) is 12.3. The number of nitrogens with one attached hydrogen (secondary N) is 1. The average molecular weight is 410 g/mol. The first-order chi connectivity index (χ1) is 13.9. The minimum atomic E-state index is -3.78. The van der Waals surface area contributed by atoms with Gasteiger partial charge in [-0.2, -0.15) is 10.4 Å². The molecule has 1 heterocycles. The number of rotatable bonds is 7.